The van der Waals surface area contributed by atoms with E-state index in [1.165, 1.54) is 6.92 Å². The Morgan fingerprint density at radius 1 is 1.23 bits per heavy atom. The molecule has 2 aromatic carbocycles. The van der Waals surface area contributed by atoms with Crippen molar-refractivity contribution in [2.45, 2.75) is 6.92 Å². The number of carbonyl (C=O) groups excluding carboxylic acids is 1. The molecular formula is C19H14ClN3O3. The van der Waals surface area contributed by atoms with Gasteiger partial charge in [-0.2, -0.15) is 0 Å². The lowest BCUT2D eigenvalue weighted by atomic mass is 10.0. The highest BCUT2D eigenvalue weighted by atomic mass is 35.5. The molecule has 7 heteroatoms. The molecule has 1 aromatic heterocycles. The molecule has 3 aromatic rings. The largest absolute Gasteiger partial charge is 0.494 e. The van der Waals surface area contributed by atoms with Crippen LogP contribution in [0.25, 0.3) is 10.9 Å². The Labute approximate surface area is 154 Å². The molecule has 0 saturated heterocycles. The summed E-state index contributed by atoms with van der Waals surface area (Å²) >= 11 is 6.31. The normalized spacial score (nSPS) is 14.6. The maximum absolute atomic E-state index is 11.2. The first-order chi connectivity index (χ1) is 12.5. The number of aliphatic imine (C=N–C) groups is 1. The quantitative estimate of drug-likeness (QED) is 0.550. The molecule has 0 spiro atoms. The van der Waals surface area contributed by atoms with Crippen LogP contribution in [0.2, 0.25) is 5.02 Å². The second kappa shape index (κ2) is 6.00. The van der Waals surface area contributed by atoms with E-state index < -0.39 is 5.97 Å². The number of aromatic hydroxyl groups is 1. The number of rotatable bonds is 2. The van der Waals surface area contributed by atoms with Crippen LogP contribution in [0, 0.1) is 0 Å². The summed E-state index contributed by atoms with van der Waals surface area (Å²) in [4.78, 5) is 20.7. The molecule has 0 saturated carbocycles. The second-order valence-corrected chi connectivity index (χ2v) is 6.30. The average Bonchev–Trinajstić information content (AvgIpc) is 3.09. The van der Waals surface area contributed by atoms with E-state index in [0.717, 1.165) is 10.9 Å². The summed E-state index contributed by atoms with van der Waals surface area (Å²) in [6, 6.07) is 12.8. The fourth-order valence-electron chi connectivity index (χ4n) is 3.13. The summed E-state index contributed by atoms with van der Waals surface area (Å²) < 4.78 is 1.60. The van der Waals surface area contributed by atoms with Crippen LogP contribution < -0.4 is 0 Å². The minimum Gasteiger partial charge on any atom is -0.494 e. The molecule has 26 heavy (non-hydrogen) atoms. The molecule has 130 valence electrons. The summed E-state index contributed by atoms with van der Waals surface area (Å²) in [7, 11) is 1.72. The standard InChI is InChI=1S/C19H14ClN3O3/c1-10(24)26-22-16-11-6-3-4-9-14(11)21-17(16)15-12-7-5-8-13(20)18(12)23(2)19(15)25/h3-9,25H,1-2H3. The van der Waals surface area contributed by atoms with Crippen LogP contribution in [-0.4, -0.2) is 27.1 Å². The third-order valence-corrected chi connectivity index (χ3v) is 4.56. The summed E-state index contributed by atoms with van der Waals surface area (Å²) in [5.41, 5.74) is 3.41. The van der Waals surface area contributed by atoms with Crippen molar-refractivity contribution in [2.75, 3.05) is 0 Å². The molecule has 0 fully saturated rings. The van der Waals surface area contributed by atoms with E-state index in [0.29, 0.717) is 33.2 Å². The molecule has 0 atom stereocenters. The topological polar surface area (TPSA) is 76.2 Å². The third-order valence-electron chi connectivity index (χ3n) is 4.25. The molecule has 0 bridgehead atoms. The van der Waals surface area contributed by atoms with E-state index in [1.807, 2.05) is 30.3 Å². The zero-order valence-corrected chi connectivity index (χ0v) is 14.8. The Bertz CT molecular complexity index is 1130. The van der Waals surface area contributed by atoms with Crippen molar-refractivity contribution in [1.82, 2.24) is 4.57 Å². The van der Waals surface area contributed by atoms with E-state index in [9.17, 15) is 9.90 Å². The predicted molar refractivity (Wildman–Crippen MR) is 101 cm³/mol. The number of aromatic nitrogens is 1. The van der Waals surface area contributed by atoms with Gasteiger partial charge in [-0.05, 0) is 12.1 Å². The first-order valence-corrected chi connectivity index (χ1v) is 8.27. The molecule has 0 radical (unpaired) electrons. The van der Waals surface area contributed by atoms with Gasteiger partial charge in [-0.15, -0.1) is 0 Å². The summed E-state index contributed by atoms with van der Waals surface area (Å²) in [6.07, 6.45) is 0. The number of aryl methyl sites for hydroxylation is 1. The van der Waals surface area contributed by atoms with E-state index in [-0.39, 0.29) is 5.88 Å². The molecule has 1 aliphatic heterocycles. The second-order valence-electron chi connectivity index (χ2n) is 5.89. The lowest BCUT2D eigenvalue weighted by Gasteiger charge is -2.04. The van der Waals surface area contributed by atoms with Crippen molar-refractivity contribution in [3.05, 3.63) is 58.6 Å². The summed E-state index contributed by atoms with van der Waals surface area (Å²) in [6.45, 7) is 1.27. The van der Waals surface area contributed by atoms with Gasteiger partial charge in [-0.3, -0.25) is 0 Å². The Hall–Kier alpha value is -3.12. The summed E-state index contributed by atoms with van der Waals surface area (Å²) in [5, 5.41) is 16.0. The number of hydrogen-bond donors (Lipinski definition) is 1. The number of halogens is 1. The van der Waals surface area contributed by atoms with Crippen LogP contribution in [0.4, 0.5) is 5.69 Å². The van der Waals surface area contributed by atoms with Crippen molar-refractivity contribution in [3.63, 3.8) is 0 Å². The Morgan fingerprint density at radius 2 is 2.00 bits per heavy atom. The number of benzene rings is 2. The molecular weight excluding hydrogens is 354 g/mol. The Kier molecular flexibility index (Phi) is 3.77. The Balaban J connectivity index is 2.00. The van der Waals surface area contributed by atoms with Gasteiger partial charge in [0.25, 0.3) is 0 Å². The maximum Gasteiger partial charge on any atom is 0.332 e. The van der Waals surface area contributed by atoms with Gasteiger partial charge in [0.2, 0.25) is 5.88 Å². The van der Waals surface area contributed by atoms with Crippen LogP contribution in [-0.2, 0) is 16.7 Å². The molecule has 0 unspecified atom stereocenters. The van der Waals surface area contributed by atoms with E-state index in [1.54, 1.807) is 23.7 Å². The molecule has 4 rings (SSSR count). The van der Waals surface area contributed by atoms with Gasteiger partial charge in [0, 0.05) is 24.9 Å². The van der Waals surface area contributed by atoms with Gasteiger partial charge in [0.1, 0.15) is 11.4 Å². The van der Waals surface area contributed by atoms with Gasteiger partial charge < -0.3 is 14.5 Å². The average molecular weight is 368 g/mol. The molecule has 0 amide bonds. The summed E-state index contributed by atoms with van der Waals surface area (Å²) in [5.74, 6) is -0.526. The highest BCUT2D eigenvalue weighted by molar-refractivity contribution is 6.58. The third kappa shape index (κ3) is 2.38. The van der Waals surface area contributed by atoms with E-state index in [2.05, 4.69) is 10.1 Å². The number of fused-ring (bicyclic) bond motifs is 2. The molecule has 0 aliphatic carbocycles. The predicted octanol–water partition coefficient (Wildman–Crippen LogP) is 3.94. The fourth-order valence-corrected chi connectivity index (χ4v) is 3.44. The minimum absolute atomic E-state index is 0.00943. The molecule has 1 aliphatic rings. The van der Waals surface area contributed by atoms with Crippen LogP contribution in [0.1, 0.15) is 18.1 Å². The lowest BCUT2D eigenvalue weighted by Crippen LogP contribution is -2.14. The smallest absolute Gasteiger partial charge is 0.332 e. The SMILES string of the molecule is CC(=O)ON=C1C(c2c(O)n(C)c3c(Cl)cccc23)=Nc2ccccc21. The number of oxime groups is 1. The maximum atomic E-state index is 11.2. The van der Waals surface area contributed by atoms with Gasteiger partial charge in [-0.1, -0.05) is 47.1 Å². The van der Waals surface area contributed by atoms with Crippen molar-refractivity contribution < 1.29 is 14.7 Å². The molecule has 2 heterocycles. The van der Waals surface area contributed by atoms with Gasteiger partial charge in [0.15, 0.2) is 0 Å². The molecule has 6 nitrogen and oxygen atoms in total. The number of carbonyl (C=O) groups is 1. The number of hydrogen-bond acceptors (Lipinski definition) is 5. The molecule has 1 N–H and O–H groups in total. The van der Waals surface area contributed by atoms with Crippen LogP contribution in [0.15, 0.2) is 52.6 Å². The van der Waals surface area contributed by atoms with Crippen molar-refractivity contribution in [2.24, 2.45) is 17.2 Å². The van der Waals surface area contributed by atoms with Crippen molar-refractivity contribution in [1.29, 1.82) is 0 Å². The van der Waals surface area contributed by atoms with Gasteiger partial charge >= 0.3 is 5.97 Å². The highest BCUT2D eigenvalue weighted by Gasteiger charge is 2.30. The zero-order chi connectivity index (χ0) is 18.4. The van der Waals surface area contributed by atoms with Crippen molar-refractivity contribution >= 4 is 45.6 Å². The first-order valence-electron chi connectivity index (χ1n) is 7.89. The fraction of sp³-hybridized carbons (Fsp3) is 0.105. The zero-order valence-electron chi connectivity index (χ0n) is 14.0. The van der Waals surface area contributed by atoms with E-state index >= 15 is 0 Å². The first kappa shape index (κ1) is 16.4. The number of nitrogens with zero attached hydrogens (tertiary/aromatic N) is 3. The number of para-hydroxylation sites is 2. The van der Waals surface area contributed by atoms with E-state index in [4.69, 9.17) is 16.4 Å². The monoisotopic (exact) mass is 367 g/mol. The van der Waals surface area contributed by atoms with Crippen molar-refractivity contribution in [3.8, 4) is 5.88 Å². The van der Waals surface area contributed by atoms with Crippen LogP contribution in [0.3, 0.4) is 0 Å². The van der Waals surface area contributed by atoms with Crippen LogP contribution >= 0.6 is 11.6 Å². The lowest BCUT2D eigenvalue weighted by molar-refractivity contribution is -0.140. The highest BCUT2D eigenvalue weighted by Crippen LogP contribution is 2.39. The Morgan fingerprint density at radius 3 is 2.77 bits per heavy atom. The van der Waals surface area contributed by atoms with Gasteiger partial charge in [0.05, 0.1) is 21.8 Å². The van der Waals surface area contributed by atoms with Gasteiger partial charge in [-0.25, -0.2) is 9.79 Å². The van der Waals surface area contributed by atoms with Crippen LogP contribution in [0.5, 0.6) is 5.88 Å². The minimum atomic E-state index is -0.536.